The molecule has 2 rings (SSSR count). The van der Waals surface area contributed by atoms with Gasteiger partial charge < -0.3 is 9.47 Å². The predicted octanol–water partition coefficient (Wildman–Crippen LogP) is 4.64. The van der Waals surface area contributed by atoms with Gasteiger partial charge in [0.05, 0.1) is 17.7 Å². The van der Waals surface area contributed by atoms with E-state index in [2.05, 4.69) is 0 Å². The van der Waals surface area contributed by atoms with Crippen molar-refractivity contribution in [3.63, 3.8) is 0 Å². The summed E-state index contributed by atoms with van der Waals surface area (Å²) in [6.45, 7) is 3.01. The summed E-state index contributed by atoms with van der Waals surface area (Å²) in [4.78, 5) is 12.4. The molecule has 2 aromatic rings. The Morgan fingerprint density at radius 3 is 1.90 bits per heavy atom. The Hall–Kier alpha value is -1.52. The molecule has 0 aliphatic rings. The first-order valence-corrected chi connectivity index (χ1v) is 9.43. The zero-order valence-electron chi connectivity index (χ0n) is 15.2. The first kappa shape index (κ1) is 26.5. The third-order valence-corrected chi connectivity index (χ3v) is 4.81. The molecule has 0 N–H and O–H groups in total. The van der Waals surface area contributed by atoms with Crippen molar-refractivity contribution < 1.29 is 40.6 Å². The van der Waals surface area contributed by atoms with Gasteiger partial charge in [-0.2, -0.15) is 26.3 Å². The molecule has 0 radical (unpaired) electrons. The van der Waals surface area contributed by atoms with Gasteiger partial charge in [0.15, 0.2) is 5.52 Å². The van der Waals surface area contributed by atoms with Crippen molar-refractivity contribution in [3.05, 3.63) is 59.2 Å². The van der Waals surface area contributed by atoms with Gasteiger partial charge in [-0.05, 0) is 45.1 Å². The molecule has 0 bridgehead atoms. The maximum atomic E-state index is 13.2. The number of hydrogen-bond donors (Lipinski definition) is 0. The molecule has 2 aromatic carbocycles. The fourth-order valence-electron chi connectivity index (χ4n) is 2.46. The van der Waals surface area contributed by atoms with E-state index in [1.807, 2.05) is 6.92 Å². The third kappa shape index (κ3) is 7.31. The second-order valence-electron chi connectivity index (χ2n) is 5.75. The van der Waals surface area contributed by atoms with Crippen LogP contribution in [0.25, 0.3) is 0 Å². The van der Waals surface area contributed by atoms with Crippen molar-refractivity contribution in [2.45, 2.75) is 19.3 Å². The Bertz CT molecular complexity index is 805. The van der Waals surface area contributed by atoms with Gasteiger partial charge in [-0.15, -0.1) is 0 Å². The van der Waals surface area contributed by atoms with Crippen molar-refractivity contribution in [2.24, 2.45) is 0 Å². The van der Waals surface area contributed by atoms with Crippen molar-refractivity contribution in [1.82, 2.24) is 0 Å². The van der Waals surface area contributed by atoms with Crippen molar-refractivity contribution in [2.75, 3.05) is 19.8 Å². The second kappa shape index (κ2) is 11.2. The van der Waals surface area contributed by atoms with Crippen LogP contribution >= 0.6 is 8.58 Å². The fraction of sp³-hybridized carbons (Fsp3) is 0.316. The van der Waals surface area contributed by atoms with E-state index < -0.39 is 43.1 Å². The molecule has 160 valence electrons. The summed E-state index contributed by atoms with van der Waals surface area (Å²) < 4.78 is 89.7. The van der Waals surface area contributed by atoms with Crippen molar-refractivity contribution >= 4 is 38.3 Å². The summed E-state index contributed by atoms with van der Waals surface area (Å²) in [5, 5.41) is 0.289. The number of carbonyl (C=O) groups is 1. The molecule has 1 unspecified atom stereocenters. The average molecular weight is 446 g/mol. The molecule has 0 spiro atoms. The van der Waals surface area contributed by atoms with Crippen molar-refractivity contribution in [3.8, 4) is 5.75 Å². The third-order valence-electron chi connectivity index (χ3n) is 3.72. The fourth-order valence-corrected chi connectivity index (χ4v) is 3.45. The maximum absolute atomic E-state index is 13.2. The molecule has 0 saturated carbocycles. The average Bonchev–Trinajstić information content (AvgIpc) is 2.64. The van der Waals surface area contributed by atoms with Gasteiger partial charge in [0.2, 0.25) is 0 Å². The summed E-state index contributed by atoms with van der Waals surface area (Å²) in [5.41, 5.74) is -5.79. The van der Waals surface area contributed by atoms with Crippen LogP contribution in [0.3, 0.4) is 0 Å². The molecule has 0 amide bonds. The minimum absolute atomic E-state index is 0. The summed E-state index contributed by atoms with van der Waals surface area (Å²) in [5.74, 6) is 0.442. The van der Waals surface area contributed by atoms with E-state index >= 15 is 0 Å². The summed E-state index contributed by atoms with van der Waals surface area (Å²) in [6, 6.07) is 7.42. The van der Waals surface area contributed by atoms with E-state index in [1.165, 1.54) is 24.3 Å². The Balaban J connectivity index is 0.00000450. The number of rotatable bonds is 8. The Morgan fingerprint density at radius 2 is 1.43 bits per heavy atom. The van der Waals surface area contributed by atoms with E-state index in [0.717, 1.165) is 0 Å². The van der Waals surface area contributed by atoms with Gasteiger partial charge in [-0.25, -0.2) is 0 Å². The number of ether oxygens (including phenoxy) is 2. The second-order valence-corrected chi connectivity index (χ2v) is 7.03. The van der Waals surface area contributed by atoms with Crippen LogP contribution in [-0.2, 0) is 17.1 Å². The Labute approximate surface area is 183 Å². The van der Waals surface area contributed by atoms with Crippen molar-refractivity contribution in [1.29, 1.82) is 0 Å². The van der Waals surface area contributed by atoms with Gasteiger partial charge in [0.1, 0.15) is 12.4 Å². The SMILES string of the molecule is CCOCCOc1ccc(PC(=O)c2c(C(F)(F)F)cccc2C(F)(F)F)cc1.[LiH]. The standard InChI is InChI=1S/C19H17F6O3P.Li.H/c1-2-27-10-11-28-12-6-8-13(9-7-12)29-17(26)16-14(18(20,21)22)4-3-5-15(16)19(23,24)25;;/h3-9,29H,2,10-11H2,1H3;;. The van der Waals surface area contributed by atoms with Gasteiger partial charge in [0, 0.05) is 12.2 Å². The molecule has 3 nitrogen and oxygen atoms in total. The van der Waals surface area contributed by atoms with Gasteiger partial charge in [-0.3, -0.25) is 4.79 Å². The minimum atomic E-state index is -5.09. The molecular weight excluding hydrogens is 428 g/mol. The molecule has 30 heavy (non-hydrogen) atoms. The van der Waals surface area contributed by atoms with Crippen LogP contribution in [-0.4, -0.2) is 44.2 Å². The Morgan fingerprint density at radius 1 is 0.900 bits per heavy atom. The van der Waals surface area contributed by atoms with E-state index in [0.29, 0.717) is 37.2 Å². The molecule has 0 aromatic heterocycles. The summed E-state index contributed by atoms with van der Waals surface area (Å²) in [7, 11) is -0.914. The molecule has 0 fully saturated rings. The van der Waals surface area contributed by atoms with Gasteiger partial charge in [-0.1, -0.05) is 18.2 Å². The predicted molar refractivity (Wildman–Crippen MR) is 104 cm³/mol. The Kier molecular flexibility index (Phi) is 9.90. The molecular formula is C19H18F6LiO3P. The van der Waals surface area contributed by atoms with E-state index in [4.69, 9.17) is 9.47 Å². The zero-order valence-corrected chi connectivity index (χ0v) is 16.2. The van der Waals surface area contributed by atoms with Crippen LogP contribution in [0, 0.1) is 0 Å². The number of halogens is 6. The quantitative estimate of drug-likeness (QED) is 0.257. The molecule has 0 aliphatic heterocycles. The van der Waals surface area contributed by atoms with E-state index in [9.17, 15) is 31.1 Å². The van der Waals surface area contributed by atoms with E-state index in [1.54, 1.807) is 0 Å². The summed E-state index contributed by atoms with van der Waals surface area (Å²) in [6.07, 6.45) is -10.2. The molecule has 1 atom stereocenters. The van der Waals surface area contributed by atoms with Gasteiger partial charge in [0.25, 0.3) is 0 Å². The van der Waals surface area contributed by atoms with Gasteiger partial charge >= 0.3 is 31.2 Å². The monoisotopic (exact) mass is 446 g/mol. The van der Waals surface area contributed by atoms with Crippen LogP contribution in [0.2, 0.25) is 0 Å². The molecule has 0 aliphatic carbocycles. The molecule has 0 heterocycles. The van der Waals surface area contributed by atoms with Crippen LogP contribution < -0.4 is 10.0 Å². The van der Waals surface area contributed by atoms with Crippen LogP contribution in [0.15, 0.2) is 42.5 Å². The van der Waals surface area contributed by atoms with Crippen LogP contribution in [0.4, 0.5) is 26.3 Å². The molecule has 11 heteroatoms. The van der Waals surface area contributed by atoms with Crippen LogP contribution in [0.5, 0.6) is 5.75 Å². The number of hydrogen-bond acceptors (Lipinski definition) is 3. The molecule has 0 saturated heterocycles. The normalized spacial score (nSPS) is 12.1. The van der Waals surface area contributed by atoms with E-state index in [-0.39, 0.29) is 30.8 Å². The first-order chi connectivity index (χ1) is 13.5. The number of carbonyl (C=O) groups excluding carboxylic acids is 1. The van der Waals surface area contributed by atoms with Crippen LogP contribution in [0.1, 0.15) is 28.4 Å². The topological polar surface area (TPSA) is 35.5 Å². The zero-order chi connectivity index (χ0) is 21.7. The number of benzene rings is 2. The number of alkyl halides is 6. The summed E-state index contributed by atoms with van der Waals surface area (Å²) >= 11 is 0. The first-order valence-electron chi connectivity index (χ1n) is 8.43.